The summed E-state index contributed by atoms with van der Waals surface area (Å²) in [5, 5.41) is 0.693. The van der Waals surface area contributed by atoms with Crippen LogP contribution < -0.4 is 9.64 Å². The first-order valence-electron chi connectivity index (χ1n) is 9.20. The number of thiazole rings is 1. The van der Waals surface area contributed by atoms with Gasteiger partial charge in [-0.1, -0.05) is 17.4 Å². The first-order valence-corrected chi connectivity index (χ1v) is 11.2. The smallest absolute Gasteiger partial charge is 0.260 e. The van der Waals surface area contributed by atoms with Crippen LogP contribution in [0.5, 0.6) is 5.75 Å². The number of carbonyl (C=O) groups excluding carboxylic acids is 1. The van der Waals surface area contributed by atoms with Crippen LogP contribution in [0.25, 0.3) is 10.2 Å². The first kappa shape index (κ1) is 19.2. The van der Waals surface area contributed by atoms with E-state index in [2.05, 4.69) is 0 Å². The predicted octanol–water partition coefficient (Wildman–Crippen LogP) is 4.85. The second-order valence-corrected chi connectivity index (χ2v) is 8.50. The van der Waals surface area contributed by atoms with Crippen LogP contribution in [0.1, 0.15) is 23.2 Å². The summed E-state index contributed by atoms with van der Waals surface area (Å²) in [5.41, 5.74) is 1.50. The first-order chi connectivity index (χ1) is 13.7. The van der Waals surface area contributed by atoms with Crippen molar-refractivity contribution in [1.29, 1.82) is 0 Å². The summed E-state index contributed by atoms with van der Waals surface area (Å²) in [6, 6.07) is 13.5. The number of rotatable bonds is 6. The molecule has 0 bridgehead atoms. The Hall–Kier alpha value is -2.09. The third-order valence-electron chi connectivity index (χ3n) is 4.79. The van der Waals surface area contributed by atoms with Crippen molar-refractivity contribution >= 4 is 44.4 Å². The molecular formula is C21H22N2O3S2. The molecule has 2 aromatic carbocycles. The molecule has 1 aliphatic rings. The third kappa shape index (κ3) is 4.01. The monoisotopic (exact) mass is 414 g/mol. The van der Waals surface area contributed by atoms with Gasteiger partial charge in [-0.3, -0.25) is 9.69 Å². The number of hydrogen-bond donors (Lipinski definition) is 0. The Kier molecular flexibility index (Phi) is 5.85. The number of amides is 1. The van der Waals surface area contributed by atoms with Gasteiger partial charge in [0.2, 0.25) is 0 Å². The number of anilines is 1. The molecule has 0 radical (unpaired) electrons. The summed E-state index contributed by atoms with van der Waals surface area (Å²) < 4.78 is 12.1. The lowest BCUT2D eigenvalue weighted by atomic mass is 10.2. The standard InChI is InChI=1S/C21H22N2O3S2/c1-25-15-8-9-19-18(12-15)22-21(28-19)23(13-16-6-4-10-26-16)20(24)14-5-3-7-17(11-14)27-2/h3,5,7-9,11-12,16H,4,6,10,13H2,1-2H3. The van der Waals surface area contributed by atoms with Gasteiger partial charge in [0, 0.05) is 23.1 Å². The number of carbonyl (C=O) groups is 1. The van der Waals surface area contributed by atoms with Crippen LogP contribution in [0.2, 0.25) is 0 Å². The van der Waals surface area contributed by atoms with E-state index < -0.39 is 0 Å². The molecule has 7 heteroatoms. The van der Waals surface area contributed by atoms with Crippen LogP contribution in [0.4, 0.5) is 5.13 Å². The minimum absolute atomic E-state index is 0.0441. The summed E-state index contributed by atoms with van der Waals surface area (Å²) in [6.45, 7) is 1.27. The molecule has 0 N–H and O–H groups in total. The minimum atomic E-state index is -0.0441. The molecule has 0 spiro atoms. The third-order valence-corrected chi connectivity index (χ3v) is 6.57. The largest absolute Gasteiger partial charge is 0.497 e. The fraction of sp³-hybridized carbons (Fsp3) is 0.333. The average Bonchev–Trinajstić information content (AvgIpc) is 3.40. The quantitative estimate of drug-likeness (QED) is 0.540. The lowest BCUT2D eigenvalue weighted by molar-refractivity contribution is 0.0917. The van der Waals surface area contributed by atoms with Crippen LogP contribution in [-0.2, 0) is 4.74 Å². The second-order valence-electron chi connectivity index (χ2n) is 6.61. The number of thioether (sulfide) groups is 1. The van der Waals surface area contributed by atoms with E-state index in [0.29, 0.717) is 17.2 Å². The SMILES string of the molecule is COc1ccc2sc(N(CC3CCCO3)C(=O)c3cccc(SC)c3)nc2c1. The molecular weight excluding hydrogens is 392 g/mol. The van der Waals surface area contributed by atoms with Crippen molar-refractivity contribution in [2.24, 2.45) is 0 Å². The van der Waals surface area contributed by atoms with E-state index in [1.165, 1.54) is 11.3 Å². The molecule has 1 aromatic heterocycles. The molecule has 1 aliphatic heterocycles. The van der Waals surface area contributed by atoms with Gasteiger partial charge in [0.15, 0.2) is 5.13 Å². The summed E-state index contributed by atoms with van der Waals surface area (Å²) >= 11 is 3.14. The van der Waals surface area contributed by atoms with Crippen LogP contribution in [-0.4, -0.2) is 43.5 Å². The summed E-state index contributed by atoms with van der Waals surface area (Å²) in [6.07, 6.45) is 4.06. The lowest BCUT2D eigenvalue weighted by Gasteiger charge is -2.23. The Labute approximate surface area is 172 Å². The normalized spacial score (nSPS) is 16.4. The van der Waals surface area contributed by atoms with E-state index in [9.17, 15) is 4.79 Å². The number of hydrogen-bond acceptors (Lipinski definition) is 6. The van der Waals surface area contributed by atoms with Gasteiger partial charge in [-0.05, 0) is 49.4 Å². The van der Waals surface area contributed by atoms with Crippen LogP contribution in [0, 0.1) is 0 Å². The molecule has 1 saturated heterocycles. The van der Waals surface area contributed by atoms with Gasteiger partial charge in [-0.25, -0.2) is 4.98 Å². The Balaban J connectivity index is 1.71. The lowest BCUT2D eigenvalue weighted by Crippen LogP contribution is -2.37. The molecule has 0 saturated carbocycles. The number of fused-ring (bicyclic) bond motifs is 1. The van der Waals surface area contributed by atoms with Gasteiger partial charge < -0.3 is 9.47 Å². The fourth-order valence-electron chi connectivity index (χ4n) is 3.29. The predicted molar refractivity (Wildman–Crippen MR) is 115 cm³/mol. The van der Waals surface area contributed by atoms with E-state index in [4.69, 9.17) is 14.5 Å². The topological polar surface area (TPSA) is 51.7 Å². The maximum absolute atomic E-state index is 13.4. The number of nitrogens with zero attached hydrogens (tertiary/aromatic N) is 2. The van der Waals surface area contributed by atoms with Gasteiger partial charge >= 0.3 is 0 Å². The minimum Gasteiger partial charge on any atom is -0.497 e. The Morgan fingerprint density at radius 2 is 2.25 bits per heavy atom. The average molecular weight is 415 g/mol. The zero-order chi connectivity index (χ0) is 19.5. The summed E-state index contributed by atoms with van der Waals surface area (Å²) in [4.78, 5) is 21.0. The Morgan fingerprint density at radius 3 is 3.00 bits per heavy atom. The highest BCUT2D eigenvalue weighted by atomic mass is 32.2. The van der Waals surface area contributed by atoms with Crippen molar-refractivity contribution in [3.8, 4) is 5.75 Å². The van der Waals surface area contributed by atoms with Gasteiger partial charge in [-0.2, -0.15) is 0 Å². The molecule has 1 unspecified atom stereocenters. The molecule has 1 fully saturated rings. The van der Waals surface area contributed by atoms with Crippen LogP contribution >= 0.6 is 23.1 Å². The highest BCUT2D eigenvalue weighted by Crippen LogP contribution is 2.33. The van der Waals surface area contributed by atoms with Gasteiger partial charge in [0.1, 0.15) is 5.75 Å². The van der Waals surface area contributed by atoms with E-state index in [1.54, 1.807) is 23.8 Å². The Bertz CT molecular complexity index is 983. The van der Waals surface area contributed by atoms with E-state index in [1.807, 2.05) is 48.7 Å². The highest BCUT2D eigenvalue weighted by molar-refractivity contribution is 7.98. The molecule has 4 rings (SSSR count). The van der Waals surface area contributed by atoms with Gasteiger partial charge in [0.25, 0.3) is 5.91 Å². The summed E-state index contributed by atoms with van der Waals surface area (Å²) in [5.74, 6) is 0.714. The molecule has 5 nitrogen and oxygen atoms in total. The maximum Gasteiger partial charge on any atom is 0.260 e. The second kappa shape index (κ2) is 8.51. The van der Waals surface area contributed by atoms with Crippen LogP contribution in [0.3, 0.4) is 0 Å². The van der Waals surface area contributed by atoms with Crippen molar-refractivity contribution in [2.75, 3.05) is 31.4 Å². The van der Waals surface area contributed by atoms with Crippen molar-refractivity contribution in [2.45, 2.75) is 23.8 Å². The zero-order valence-electron chi connectivity index (χ0n) is 15.9. The number of benzene rings is 2. The number of aromatic nitrogens is 1. The van der Waals surface area contributed by atoms with Crippen molar-refractivity contribution in [1.82, 2.24) is 4.98 Å². The van der Waals surface area contributed by atoms with Crippen molar-refractivity contribution < 1.29 is 14.3 Å². The molecule has 146 valence electrons. The van der Waals surface area contributed by atoms with Gasteiger partial charge in [-0.15, -0.1) is 11.8 Å². The number of methoxy groups -OCH3 is 1. The van der Waals surface area contributed by atoms with E-state index in [0.717, 1.165) is 40.3 Å². The molecule has 2 heterocycles. The summed E-state index contributed by atoms with van der Waals surface area (Å²) in [7, 11) is 1.64. The fourth-order valence-corrected chi connectivity index (χ4v) is 4.70. The van der Waals surface area contributed by atoms with E-state index in [-0.39, 0.29) is 12.0 Å². The van der Waals surface area contributed by atoms with Crippen LogP contribution in [0.15, 0.2) is 47.4 Å². The van der Waals surface area contributed by atoms with Crippen molar-refractivity contribution in [3.05, 3.63) is 48.0 Å². The number of ether oxygens (including phenoxy) is 2. The molecule has 1 atom stereocenters. The molecule has 1 amide bonds. The molecule has 0 aliphatic carbocycles. The van der Waals surface area contributed by atoms with Gasteiger partial charge in [0.05, 0.1) is 30.0 Å². The Morgan fingerprint density at radius 1 is 1.36 bits per heavy atom. The molecule has 3 aromatic rings. The van der Waals surface area contributed by atoms with Crippen molar-refractivity contribution in [3.63, 3.8) is 0 Å². The zero-order valence-corrected chi connectivity index (χ0v) is 17.5. The maximum atomic E-state index is 13.4. The molecule has 28 heavy (non-hydrogen) atoms. The van der Waals surface area contributed by atoms with E-state index >= 15 is 0 Å². The highest BCUT2D eigenvalue weighted by Gasteiger charge is 2.27.